The molecule has 7 aromatic carbocycles. The molecule has 0 bridgehead atoms. The number of allylic oxidation sites excluding steroid dienone is 1. The highest BCUT2D eigenvalue weighted by Gasteiger charge is 2.41. The van der Waals surface area contributed by atoms with Crippen molar-refractivity contribution in [1.82, 2.24) is 14.1 Å². The van der Waals surface area contributed by atoms with E-state index in [1.54, 1.807) is 88.0 Å². The second-order valence-corrected chi connectivity index (χ2v) is 17.8. The summed E-state index contributed by atoms with van der Waals surface area (Å²) in [5, 5.41) is 13.1. The Balaban J connectivity index is 1.20. The van der Waals surface area contributed by atoms with Crippen LogP contribution in [0.3, 0.4) is 0 Å². The number of hydrogen-bond acceptors (Lipinski definition) is 2. The molecule has 368 valence electrons. The van der Waals surface area contributed by atoms with Crippen molar-refractivity contribution in [1.29, 1.82) is 5.26 Å². The van der Waals surface area contributed by atoms with Crippen molar-refractivity contribution in [3.63, 3.8) is 0 Å². The summed E-state index contributed by atoms with van der Waals surface area (Å²) >= 11 is 0. The molecule has 0 amide bonds. The Morgan fingerprint density at radius 2 is 1.01 bits per heavy atom. The summed E-state index contributed by atoms with van der Waals surface area (Å²) in [5.41, 5.74) is -1.67. The summed E-state index contributed by atoms with van der Waals surface area (Å²) in [6.45, 7) is 0. The monoisotopic (exact) mass is 1010 g/mol. The van der Waals surface area contributed by atoms with Crippen molar-refractivity contribution in [2.45, 2.75) is 37.5 Å². The SMILES string of the molecule is N#Cc1cc(-n2c3ccccc3c3ccc(-c4ccc(C(F)(F)F)cc4C(F)(F)F)cc32)c(-c2cccc(-c3ccccc3)n2)cc1-n1c2c(c3ccccc31)CCC(c1ccc(C(F)(F)F)cc1C(F)(F)F)=C2. The Kier molecular flexibility index (Phi) is 11.2. The minimum absolute atomic E-state index is 0.0294. The van der Waals surface area contributed by atoms with Crippen LogP contribution in [0.2, 0.25) is 0 Å². The van der Waals surface area contributed by atoms with Gasteiger partial charge in [0.15, 0.2) is 0 Å². The number of rotatable bonds is 6. The molecule has 0 radical (unpaired) electrons. The first kappa shape index (κ1) is 47.7. The first-order chi connectivity index (χ1) is 35.2. The predicted molar refractivity (Wildman–Crippen MR) is 259 cm³/mol. The van der Waals surface area contributed by atoms with Crippen molar-refractivity contribution >= 4 is 44.4 Å². The maximum atomic E-state index is 14.7. The first-order valence-corrected chi connectivity index (χ1v) is 22.7. The van der Waals surface area contributed by atoms with Gasteiger partial charge in [0.25, 0.3) is 0 Å². The van der Waals surface area contributed by atoms with E-state index in [2.05, 4.69) is 6.07 Å². The maximum Gasteiger partial charge on any atom is 0.417 e. The van der Waals surface area contributed by atoms with Crippen molar-refractivity contribution < 1.29 is 52.7 Å². The molecule has 0 saturated heterocycles. The van der Waals surface area contributed by atoms with Gasteiger partial charge in [-0.15, -0.1) is 0 Å². The molecule has 0 spiro atoms. The van der Waals surface area contributed by atoms with E-state index in [-0.39, 0.29) is 47.4 Å². The molecule has 74 heavy (non-hydrogen) atoms. The number of nitrogens with zero attached hydrogens (tertiary/aromatic N) is 4. The molecule has 11 rings (SSSR count). The number of nitriles is 1. The van der Waals surface area contributed by atoms with Crippen LogP contribution in [-0.4, -0.2) is 14.1 Å². The van der Waals surface area contributed by atoms with E-state index in [0.717, 1.165) is 17.7 Å². The summed E-state index contributed by atoms with van der Waals surface area (Å²) in [6, 6.07) is 41.7. The van der Waals surface area contributed by atoms with Crippen LogP contribution in [0.15, 0.2) is 164 Å². The number of fused-ring (bicyclic) bond motifs is 6. The molecule has 0 saturated carbocycles. The highest BCUT2D eigenvalue weighted by molar-refractivity contribution is 6.11. The van der Waals surface area contributed by atoms with Crippen LogP contribution < -0.4 is 0 Å². The highest BCUT2D eigenvalue weighted by atomic mass is 19.4. The van der Waals surface area contributed by atoms with E-state index in [9.17, 15) is 57.9 Å². The zero-order valence-corrected chi connectivity index (χ0v) is 37.9. The van der Waals surface area contributed by atoms with Crippen LogP contribution in [0, 0.1) is 11.3 Å². The van der Waals surface area contributed by atoms with Crippen LogP contribution in [0.5, 0.6) is 0 Å². The zero-order chi connectivity index (χ0) is 52.1. The van der Waals surface area contributed by atoms with Crippen molar-refractivity contribution in [2.24, 2.45) is 0 Å². The van der Waals surface area contributed by atoms with Crippen LogP contribution in [0.1, 0.15) is 51.1 Å². The molecule has 0 N–H and O–H groups in total. The average Bonchev–Trinajstić information content (AvgIpc) is 3.90. The molecule has 3 heterocycles. The van der Waals surface area contributed by atoms with Gasteiger partial charge in [-0.05, 0) is 113 Å². The van der Waals surface area contributed by atoms with Gasteiger partial charge in [-0.3, -0.25) is 0 Å². The molecular weight excluding hydrogens is 981 g/mol. The number of aryl methyl sites for hydroxylation is 1. The minimum Gasteiger partial charge on any atom is -0.308 e. The second kappa shape index (κ2) is 17.3. The molecule has 0 atom stereocenters. The topological polar surface area (TPSA) is 46.5 Å². The fourth-order valence-electron chi connectivity index (χ4n) is 10.1. The predicted octanol–water partition coefficient (Wildman–Crippen LogP) is 17.6. The van der Waals surface area contributed by atoms with Gasteiger partial charge in [0.1, 0.15) is 6.07 Å². The Hall–Kier alpha value is -8.58. The zero-order valence-electron chi connectivity index (χ0n) is 37.9. The first-order valence-electron chi connectivity index (χ1n) is 22.7. The van der Waals surface area contributed by atoms with E-state index in [1.807, 2.05) is 36.4 Å². The summed E-state index contributed by atoms with van der Waals surface area (Å²) in [7, 11) is 0. The second-order valence-electron chi connectivity index (χ2n) is 17.8. The molecular formula is C58H32F12N4. The lowest BCUT2D eigenvalue weighted by molar-refractivity contribution is -0.144. The summed E-state index contributed by atoms with van der Waals surface area (Å²) in [5.74, 6) is 0. The van der Waals surface area contributed by atoms with Crippen LogP contribution in [-0.2, 0) is 31.1 Å². The number of pyridine rings is 1. The molecule has 3 aromatic heterocycles. The third-order valence-electron chi connectivity index (χ3n) is 13.4. The number of aromatic nitrogens is 3. The van der Waals surface area contributed by atoms with Crippen LogP contribution >= 0.6 is 0 Å². The van der Waals surface area contributed by atoms with Crippen LogP contribution in [0.25, 0.3) is 89.4 Å². The number of alkyl halides is 12. The van der Waals surface area contributed by atoms with Crippen molar-refractivity contribution in [3.05, 3.63) is 208 Å². The lowest BCUT2D eigenvalue weighted by Gasteiger charge is -2.22. The van der Waals surface area contributed by atoms with Crippen LogP contribution in [0.4, 0.5) is 52.7 Å². The van der Waals surface area contributed by atoms with E-state index >= 15 is 0 Å². The fourth-order valence-corrected chi connectivity index (χ4v) is 10.1. The van der Waals surface area contributed by atoms with Gasteiger partial charge in [0.2, 0.25) is 0 Å². The Morgan fingerprint density at radius 1 is 0.432 bits per heavy atom. The summed E-state index contributed by atoms with van der Waals surface area (Å²) in [6.07, 6.45) is -18.7. The Labute approximate surface area is 412 Å². The molecule has 4 nitrogen and oxygen atoms in total. The molecule has 1 aliphatic carbocycles. The van der Waals surface area contributed by atoms with E-state index in [1.165, 1.54) is 18.2 Å². The maximum absolute atomic E-state index is 14.7. The minimum atomic E-state index is -5.19. The Morgan fingerprint density at radius 3 is 1.66 bits per heavy atom. The van der Waals surface area contributed by atoms with Gasteiger partial charge < -0.3 is 9.13 Å². The molecule has 16 heteroatoms. The highest BCUT2D eigenvalue weighted by Crippen LogP contribution is 2.47. The number of benzene rings is 7. The molecule has 1 aliphatic rings. The normalized spacial score (nSPS) is 13.4. The third-order valence-corrected chi connectivity index (χ3v) is 13.4. The average molecular weight is 1010 g/mol. The van der Waals surface area contributed by atoms with Gasteiger partial charge in [-0.1, -0.05) is 97.1 Å². The smallest absolute Gasteiger partial charge is 0.308 e. The standard InChI is InChI=1S/C58H32F12N4/c59-55(60,61)36-19-23-38(45(28-36)57(65,66)67)33-17-21-42-40-11-4-6-15-49(40)73(52(42)25-33)51-30-44(48-14-8-13-47(72-48)32-9-2-1-3-10-32)54(27-35(51)31-71)74-50-16-7-5-12-41(50)43-22-18-34(26-53(43)74)39-24-20-37(56(62,63)64)29-46(39)58(68,69)70/h1-16,18-20,22-30H,17,21H2. The lowest BCUT2D eigenvalue weighted by atomic mass is 9.88. The van der Waals surface area contributed by atoms with Gasteiger partial charge in [-0.2, -0.15) is 57.9 Å². The van der Waals surface area contributed by atoms with Crippen molar-refractivity contribution in [2.75, 3.05) is 0 Å². The van der Waals surface area contributed by atoms with Gasteiger partial charge in [-0.25, -0.2) is 4.98 Å². The molecule has 0 aliphatic heterocycles. The molecule has 0 fully saturated rings. The number of halogens is 12. The quantitative estimate of drug-likeness (QED) is 0.156. The van der Waals surface area contributed by atoms with E-state index < -0.39 is 58.1 Å². The summed E-state index contributed by atoms with van der Waals surface area (Å²) in [4.78, 5) is 5.09. The Bertz CT molecular complexity index is 3980. The van der Waals surface area contributed by atoms with Gasteiger partial charge in [0.05, 0.1) is 72.8 Å². The number of hydrogen-bond donors (Lipinski definition) is 0. The summed E-state index contributed by atoms with van der Waals surface area (Å²) < 4.78 is 174. The van der Waals surface area contributed by atoms with Crippen molar-refractivity contribution in [3.8, 4) is 51.1 Å². The largest absolute Gasteiger partial charge is 0.417 e. The van der Waals surface area contributed by atoms with Gasteiger partial charge >= 0.3 is 24.7 Å². The fraction of sp³-hybridized carbons (Fsp3) is 0.103. The third kappa shape index (κ3) is 8.22. The lowest BCUT2D eigenvalue weighted by Crippen LogP contribution is -2.14. The van der Waals surface area contributed by atoms with E-state index in [0.29, 0.717) is 78.7 Å². The number of para-hydroxylation sites is 2. The van der Waals surface area contributed by atoms with Gasteiger partial charge in [0, 0.05) is 27.3 Å². The molecule has 10 aromatic rings. The molecule has 0 unspecified atom stereocenters. The van der Waals surface area contributed by atoms with E-state index in [4.69, 9.17) is 4.98 Å².